The third kappa shape index (κ3) is 2.98. The van der Waals surface area contributed by atoms with Crippen LogP contribution in [0.25, 0.3) is 0 Å². The Hall–Kier alpha value is -1.07. The molecule has 0 heterocycles. The summed E-state index contributed by atoms with van der Waals surface area (Å²) in [5, 5.41) is 0. The largest absolute Gasteiger partial charge is 0.455 e. The average Bonchev–Trinajstić information content (AvgIpc) is 2.29. The van der Waals surface area contributed by atoms with Crippen LogP contribution in [0.4, 0.5) is 10.1 Å². The first-order valence-electron chi connectivity index (χ1n) is 4.74. The summed E-state index contributed by atoms with van der Waals surface area (Å²) < 4.78 is 20.0. The Balaban J connectivity index is 2.30. The topological polar surface area (TPSA) is 35.2 Å². The second kappa shape index (κ2) is 5.06. The van der Waals surface area contributed by atoms with Crippen molar-refractivity contribution in [1.29, 1.82) is 0 Å². The van der Waals surface area contributed by atoms with E-state index in [9.17, 15) is 4.39 Å². The van der Waals surface area contributed by atoms with E-state index in [-0.39, 0.29) is 5.69 Å². The molecule has 2 aromatic carbocycles. The first-order valence-corrected chi connectivity index (χ1v) is 6.33. The van der Waals surface area contributed by atoms with E-state index in [0.29, 0.717) is 16.0 Å². The van der Waals surface area contributed by atoms with Crippen LogP contribution in [0.15, 0.2) is 45.3 Å². The molecule has 0 atom stereocenters. The van der Waals surface area contributed by atoms with Crippen LogP contribution in [0, 0.1) is 5.82 Å². The number of hydrogen-bond donors (Lipinski definition) is 1. The van der Waals surface area contributed by atoms with Crippen molar-refractivity contribution in [1.82, 2.24) is 0 Å². The maximum absolute atomic E-state index is 13.2. The van der Waals surface area contributed by atoms with Gasteiger partial charge in [-0.25, -0.2) is 4.39 Å². The fraction of sp³-hybridized carbons (Fsp3) is 0. The van der Waals surface area contributed by atoms with E-state index in [1.54, 1.807) is 12.1 Å². The summed E-state index contributed by atoms with van der Waals surface area (Å²) in [4.78, 5) is 0. The highest BCUT2D eigenvalue weighted by Gasteiger charge is 2.07. The van der Waals surface area contributed by atoms with Crippen molar-refractivity contribution in [2.24, 2.45) is 0 Å². The highest BCUT2D eigenvalue weighted by molar-refractivity contribution is 9.10. The number of anilines is 1. The number of rotatable bonds is 2. The first-order chi connectivity index (χ1) is 8.06. The van der Waals surface area contributed by atoms with Crippen molar-refractivity contribution < 1.29 is 9.13 Å². The second-order valence-corrected chi connectivity index (χ2v) is 5.13. The maximum atomic E-state index is 13.2. The highest BCUT2D eigenvalue weighted by Crippen LogP contribution is 2.32. The van der Waals surface area contributed by atoms with Crippen LogP contribution in [0.1, 0.15) is 0 Å². The van der Waals surface area contributed by atoms with E-state index in [1.165, 1.54) is 12.1 Å². The Morgan fingerprint density at radius 2 is 1.71 bits per heavy atom. The summed E-state index contributed by atoms with van der Waals surface area (Å²) in [5.41, 5.74) is 5.93. The molecule has 0 saturated carbocycles. The van der Waals surface area contributed by atoms with Gasteiger partial charge in [-0.05, 0) is 40.2 Å². The lowest BCUT2D eigenvalue weighted by molar-refractivity contribution is 0.482. The molecule has 0 spiro atoms. The predicted molar refractivity (Wildman–Crippen MR) is 72.7 cm³/mol. The van der Waals surface area contributed by atoms with Gasteiger partial charge in [-0.3, -0.25) is 0 Å². The van der Waals surface area contributed by atoms with Crippen LogP contribution < -0.4 is 10.5 Å². The number of ether oxygens (including phenoxy) is 1. The summed E-state index contributed by atoms with van der Waals surface area (Å²) in [6, 6.07) is 10.0. The molecule has 0 aromatic heterocycles. The van der Waals surface area contributed by atoms with Gasteiger partial charge in [0.2, 0.25) is 0 Å². The molecule has 0 radical (unpaired) electrons. The molecule has 0 aliphatic carbocycles. The number of nitrogens with two attached hydrogens (primary N) is 1. The fourth-order valence-electron chi connectivity index (χ4n) is 1.26. The third-order valence-corrected chi connectivity index (χ3v) is 3.23. The molecule has 17 heavy (non-hydrogen) atoms. The molecule has 88 valence electrons. The predicted octanol–water partition coefficient (Wildman–Crippen LogP) is 4.73. The standard InChI is InChI=1S/C12H8Br2FNO/c13-7-1-3-8(4-2-7)17-12-5-9(14)10(15)6-11(12)16/h1-6H,16H2. The monoisotopic (exact) mass is 359 g/mol. The molecule has 2 rings (SSSR count). The Bertz CT molecular complexity index is 543. The lowest BCUT2D eigenvalue weighted by Gasteiger charge is -2.09. The van der Waals surface area contributed by atoms with Gasteiger partial charge in [-0.2, -0.15) is 0 Å². The lowest BCUT2D eigenvalue weighted by Crippen LogP contribution is -1.94. The molecular weight excluding hydrogens is 353 g/mol. The van der Waals surface area contributed by atoms with E-state index in [2.05, 4.69) is 31.9 Å². The molecule has 5 heteroatoms. The smallest absolute Gasteiger partial charge is 0.151 e. The van der Waals surface area contributed by atoms with E-state index < -0.39 is 5.82 Å². The first kappa shape index (κ1) is 12.4. The van der Waals surface area contributed by atoms with Crippen LogP contribution in [-0.2, 0) is 0 Å². The van der Waals surface area contributed by atoms with Crippen molar-refractivity contribution in [2.75, 3.05) is 5.73 Å². The molecule has 0 bridgehead atoms. The number of hydrogen-bond acceptors (Lipinski definition) is 2. The fourth-order valence-corrected chi connectivity index (χ4v) is 1.85. The van der Waals surface area contributed by atoms with Gasteiger partial charge >= 0.3 is 0 Å². The molecular formula is C12H8Br2FNO. The zero-order valence-electron chi connectivity index (χ0n) is 8.58. The summed E-state index contributed by atoms with van der Waals surface area (Å²) >= 11 is 6.42. The highest BCUT2D eigenvalue weighted by atomic mass is 79.9. The number of halogens is 3. The van der Waals surface area contributed by atoms with Gasteiger partial charge in [0.1, 0.15) is 11.6 Å². The van der Waals surface area contributed by atoms with E-state index in [0.717, 1.165) is 4.47 Å². The van der Waals surface area contributed by atoms with Crippen LogP contribution in [0.3, 0.4) is 0 Å². The Morgan fingerprint density at radius 1 is 1.06 bits per heavy atom. The van der Waals surface area contributed by atoms with Crippen molar-refractivity contribution >= 4 is 37.5 Å². The zero-order chi connectivity index (χ0) is 12.4. The van der Waals surface area contributed by atoms with Crippen LogP contribution in [0.5, 0.6) is 11.5 Å². The molecule has 0 unspecified atom stereocenters. The molecule has 2 N–H and O–H groups in total. The van der Waals surface area contributed by atoms with Crippen molar-refractivity contribution in [3.8, 4) is 11.5 Å². The molecule has 0 aliphatic heterocycles. The quantitative estimate of drug-likeness (QED) is 0.786. The summed E-state index contributed by atoms with van der Waals surface area (Å²) in [6.45, 7) is 0. The minimum Gasteiger partial charge on any atom is -0.455 e. The van der Waals surface area contributed by atoms with E-state index >= 15 is 0 Å². The van der Waals surface area contributed by atoms with Crippen molar-refractivity contribution in [3.63, 3.8) is 0 Å². The average molecular weight is 361 g/mol. The molecule has 0 amide bonds. The zero-order valence-corrected chi connectivity index (χ0v) is 11.8. The summed E-state index contributed by atoms with van der Waals surface area (Å²) in [6.07, 6.45) is 0. The Labute approximate surface area is 115 Å². The Kier molecular flexibility index (Phi) is 3.69. The molecule has 0 fully saturated rings. The van der Waals surface area contributed by atoms with Crippen LogP contribution in [0.2, 0.25) is 0 Å². The summed E-state index contributed by atoms with van der Waals surface area (Å²) in [5.74, 6) is 0.643. The van der Waals surface area contributed by atoms with Gasteiger partial charge in [0.05, 0.1) is 10.2 Å². The van der Waals surface area contributed by atoms with E-state index in [4.69, 9.17) is 10.5 Å². The SMILES string of the molecule is Nc1cc(F)c(Br)cc1Oc1ccc(Br)cc1. The van der Waals surface area contributed by atoms with Gasteiger partial charge in [0.25, 0.3) is 0 Å². The van der Waals surface area contributed by atoms with Crippen molar-refractivity contribution in [2.45, 2.75) is 0 Å². The minimum atomic E-state index is -0.411. The lowest BCUT2D eigenvalue weighted by atomic mass is 10.3. The van der Waals surface area contributed by atoms with Gasteiger partial charge in [-0.15, -0.1) is 0 Å². The molecule has 2 aromatic rings. The van der Waals surface area contributed by atoms with E-state index in [1.807, 2.05) is 12.1 Å². The third-order valence-electron chi connectivity index (χ3n) is 2.09. The molecule has 0 aliphatic rings. The minimum absolute atomic E-state index is 0.258. The molecule has 2 nitrogen and oxygen atoms in total. The molecule has 0 saturated heterocycles. The van der Waals surface area contributed by atoms with Gasteiger partial charge in [0.15, 0.2) is 5.75 Å². The van der Waals surface area contributed by atoms with Gasteiger partial charge in [0, 0.05) is 16.6 Å². The number of benzene rings is 2. The van der Waals surface area contributed by atoms with Crippen LogP contribution in [-0.4, -0.2) is 0 Å². The van der Waals surface area contributed by atoms with Gasteiger partial charge < -0.3 is 10.5 Å². The summed E-state index contributed by atoms with van der Waals surface area (Å²) in [7, 11) is 0. The van der Waals surface area contributed by atoms with Gasteiger partial charge in [-0.1, -0.05) is 15.9 Å². The maximum Gasteiger partial charge on any atom is 0.151 e. The van der Waals surface area contributed by atoms with Crippen molar-refractivity contribution in [3.05, 3.63) is 51.2 Å². The van der Waals surface area contributed by atoms with Crippen LogP contribution >= 0.6 is 31.9 Å². The second-order valence-electron chi connectivity index (χ2n) is 3.36. The normalized spacial score (nSPS) is 10.3. The Morgan fingerprint density at radius 3 is 2.35 bits per heavy atom. The number of nitrogen functional groups attached to an aromatic ring is 1.